The first-order valence-corrected chi connectivity index (χ1v) is 21.4. The third-order valence-corrected chi connectivity index (χ3v) is 10.3. The second kappa shape index (κ2) is 21.6. The summed E-state index contributed by atoms with van der Waals surface area (Å²) >= 11 is 0. The summed E-state index contributed by atoms with van der Waals surface area (Å²) in [6.07, 6.45) is 21.8. The monoisotopic (exact) mass is 857 g/mol. The first-order chi connectivity index (χ1) is 33.1. The second-order valence-electron chi connectivity index (χ2n) is 15.0. The molecule has 0 aliphatic carbocycles. The number of hydrogen-bond acceptors (Lipinski definition) is 7. The number of benzene rings is 6. The van der Waals surface area contributed by atoms with E-state index in [0.29, 0.717) is 0 Å². The van der Waals surface area contributed by atoms with Gasteiger partial charge in [-0.3, -0.25) is 0 Å². The standard InChI is InChI=1S/C60H39N7/c1-10-49(19-28-55-37-40-61-43-64-55)11-2-46(1)7-16-52-22-31-58(32-23-52)67(59-33-24-53(25-34-59)17-8-47-3-12-50(13-4-47)20-29-56-38-41-62-44-65-56)60-35-26-54(27-36-60)18-9-48-5-14-51(15-6-48)21-30-57-39-42-63-45-66-57/h1-6,10-15,19-45H/b28-19+,29-20+,30-21+. The van der Waals surface area contributed by atoms with Gasteiger partial charge in [0.05, 0.1) is 17.1 Å². The van der Waals surface area contributed by atoms with Gasteiger partial charge in [-0.1, -0.05) is 90.1 Å². The summed E-state index contributed by atoms with van der Waals surface area (Å²) in [7, 11) is 0. The minimum Gasteiger partial charge on any atom is -0.311 e. The van der Waals surface area contributed by atoms with Crippen molar-refractivity contribution in [2.45, 2.75) is 0 Å². The highest BCUT2D eigenvalue weighted by Crippen LogP contribution is 2.35. The van der Waals surface area contributed by atoms with Gasteiger partial charge in [0.25, 0.3) is 0 Å². The van der Waals surface area contributed by atoms with Crippen molar-refractivity contribution in [1.29, 1.82) is 0 Å². The highest BCUT2D eigenvalue weighted by Gasteiger charge is 2.13. The van der Waals surface area contributed by atoms with Crippen molar-refractivity contribution in [3.8, 4) is 35.5 Å². The molecule has 0 bridgehead atoms. The van der Waals surface area contributed by atoms with Crippen LogP contribution in [0.15, 0.2) is 201 Å². The average molecular weight is 858 g/mol. The molecule has 0 fully saturated rings. The minimum atomic E-state index is 0.857. The van der Waals surface area contributed by atoms with Crippen LogP contribution in [0, 0.1) is 35.5 Å². The summed E-state index contributed by atoms with van der Waals surface area (Å²) < 4.78 is 0. The van der Waals surface area contributed by atoms with Gasteiger partial charge in [-0.25, -0.2) is 29.9 Å². The number of rotatable bonds is 9. The maximum Gasteiger partial charge on any atom is 0.115 e. The molecule has 0 radical (unpaired) electrons. The van der Waals surface area contributed by atoms with Crippen LogP contribution in [0.2, 0.25) is 0 Å². The van der Waals surface area contributed by atoms with Crippen molar-refractivity contribution in [1.82, 2.24) is 29.9 Å². The third-order valence-electron chi connectivity index (χ3n) is 10.3. The number of aromatic nitrogens is 6. The van der Waals surface area contributed by atoms with Crippen LogP contribution in [0.25, 0.3) is 36.5 Å². The maximum atomic E-state index is 4.25. The third kappa shape index (κ3) is 12.3. The molecule has 6 aromatic carbocycles. The normalized spacial score (nSPS) is 10.7. The summed E-state index contributed by atoms with van der Waals surface area (Å²) in [6.45, 7) is 0. The second-order valence-corrected chi connectivity index (χ2v) is 15.0. The molecule has 3 heterocycles. The van der Waals surface area contributed by atoms with Crippen molar-refractivity contribution >= 4 is 53.5 Å². The first kappa shape index (κ1) is 42.6. The number of nitrogens with zero attached hydrogens (tertiary/aromatic N) is 7. The van der Waals surface area contributed by atoms with Gasteiger partial charge >= 0.3 is 0 Å². The van der Waals surface area contributed by atoms with Crippen LogP contribution in [0.5, 0.6) is 0 Å². The molecule has 0 amide bonds. The molecule has 0 unspecified atom stereocenters. The summed E-state index contributed by atoms with van der Waals surface area (Å²) in [5.74, 6) is 20.0. The van der Waals surface area contributed by atoms with Gasteiger partial charge in [-0.2, -0.15) is 0 Å². The molecule has 9 rings (SSSR count). The fourth-order valence-corrected chi connectivity index (χ4v) is 6.74. The van der Waals surface area contributed by atoms with E-state index in [2.05, 4.69) is 180 Å². The molecule has 0 aliphatic rings. The van der Waals surface area contributed by atoms with Crippen LogP contribution in [0.3, 0.4) is 0 Å². The lowest BCUT2D eigenvalue weighted by molar-refractivity contribution is 1.15. The summed E-state index contributed by atoms with van der Waals surface area (Å²) in [5.41, 5.74) is 14.3. The van der Waals surface area contributed by atoms with Crippen molar-refractivity contribution in [3.63, 3.8) is 0 Å². The molecule has 0 saturated carbocycles. The van der Waals surface area contributed by atoms with Gasteiger partial charge in [0.15, 0.2) is 0 Å². The van der Waals surface area contributed by atoms with Gasteiger partial charge in [-0.15, -0.1) is 0 Å². The van der Waals surface area contributed by atoms with Crippen LogP contribution in [-0.2, 0) is 0 Å². The first-order valence-electron chi connectivity index (χ1n) is 21.4. The highest BCUT2D eigenvalue weighted by molar-refractivity contribution is 5.78. The van der Waals surface area contributed by atoms with Crippen LogP contribution in [0.1, 0.15) is 67.2 Å². The Bertz CT molecular complexity index is 2970. The molecular weight excluding hydrogens is 819 g/mol. The van der Waals surface area contributed by atoms with Crippen LogP contribution < -0.4 is 4.90 Å². The molecule has 0 aliphatic heterocycles. The van der Waals surface area contributed by atoms with Crippen LogP contribution in [-0.4, -0.2) is 29.9 Å². The van der Waals surface area contributed by atoms with Crippen molar-refractivity contribution in [2.24, 2.45) is 0 Å². The molecular formula is C60H39N7. The molecule has 0 N–H and O–H groups in total. The van der Waals surface area contributed by atoms with E-state index in [1.807, 2.05) is 91.1 Å². The summed E-state index contributed by atoms with van der Waals surface area (Å²) in [4.78, 5) is 26.9. The fraction of sp³-hybridized carbons (Fsp3) is 0. The predicted molar refractivity (Wildman–Crippen MR) is 271 cm³/mol. The Morgan fingerprint density at radius 2 is 0.507 bits per heavy atom. The SMILES string of the molecule is C(#Cc1ccc(N(c2ccc(C#Cc3ccc(/C=C/c4ccncn4)cc3)cc2)c2ccc(C#Cc3ccc(/C=C/c4ccncn4)cc3)cc2)cc1)c1ccc(/C=C/c2ccncn2)cc1. The van der Waals surface area contributed by atoms with Gasteiger partial charge in [0.1, 0.15) is 19.0 Å². The fourth-order valence-electron chi connectivity index (χ4n) is 6.74. The zero-order valence-electron chi connectivity index (χ0n) is 36.1. The van der Waals surface area contributed by atoms with Crippen molar-refractivity contribution in [2.75, 3.05) is 4.90 Å². The Kier molecular flexibility index (Phi) is 13.7. The smallest absolute Gasteiger partial charge is 0.115 e. The predicted octanol–water partition coefficient (Wildman–Crippen LogP) is 12.2. The van der Waals surface area contributed by atoms with Crippen molar-refractivity contribution < 1.29 is 0 Å². The molecule has 0 spiro atoms. The molecule has 0 atom stereocenters. The maximum absolute atomic E-state index is 4.25. The molecule has 67 heavy (non-hydrogen) atoms. The van der Waals surface area contributed by atoms with E-state index >= 15 is 0 Å². The number of anilines is 3. The van der Waals surface area contributed by atoms with Gasteiger partial charge in [0.2, 0.25) is 0 Å². The molecule has 314 valence electrons. The topological polar surface area (TPSA) is 80.6 Å². The van der Waals surface area contributed by atoms with Gasteiger partial charge < -0.3 is 4.90 Å². The average Bonchev–Trinajstić information content (AvgIpc) is 3.40. The van der Waals surface area contributed by atoms with E-state index in [-0.39, 0.29) is 0 Å². The van der Waals surface area contributed by atoms with E-state index in [9.17, 15) is 0 Å². The van der Waals surface area contributed by atoms with Crippen molar-refractivity contribution in [3.05, 3.63) is 269 Å². The van der Waals surface area contributed by atoms with E-state index < -0.39 is 0 Å². The van der Waals surface area contributed by atoms with E-state index in [4.69, 9.17) is 0 Å². The molecule has 0 saturated heterocycles. The summed E-state index contributed by atoms with van der Waals surface area (Å²) in [6, 6.07) is 55.1. The largest absolute Gasteiger partial charge is 0.311 e. The van der Waals surface area contributed by atoms with Crippen LogP contribution >= 0.6 is 0 Å². The Hall–Kier alpha value is -9.74. The number of hydrogen-bond donors (Lipinski definition) is 0. The van der Waals surface area contributed by atoms with Gasteiger partial charge in [-0.05, 0) is 162 Å². The summed E-state index contributed by atoms with van der Waals surface area (Å²) in [5, 5.41) is 0. The molecule has 7 nitrogen and oxygen atoms in total. The lowest BCUT2D eigenvalue weighted by Crippen LogP contribution is -2.09. The lowest BCUT2D eigenvalue weighted by atomic mass is 10.1. The highest BCUT2D eigenvalue weighted by atomic mass is 15.1. The van der Waals surface area contributed by atoms with E-state index in [1.165, 1.54) is 0 Å². The minimum absolute atomic E-state index is 0.857. The molecule has 9 aromatic rings. The molecule has 3 aromatic heterocycles. The Morgan fingerprint density at radius 1 is 0.269 bits per heavy atom. The Labute approximate surface area is 390 Å². The lowest BCUT2D eigenvalue weighted by Gasteiger charge is -2.25. The Morgan fingerprint density at radius 3 is 0.731 bits per heavy atom. The van der Waals surface area contributed by atoms with E-state index in [0.717, 1.165) is 84.2 Å². The zero-order chi connectivity index (χ0) is 45.3. The Balaban J connectivity index is 0.921. The van der Waals surface area contributed by atoms with Gasteiger partial charge in [0, 0.05) is 69.0 Å². The van der Waals surface area contributed by atoms with E-state index in [1.54, 1.807) is 37.6 Å². The quantitative estimate of drug-likeness (QED) is 0.134. The molecule has 7 heteroatoms. The zero-order valence-corrected chi connectivity index (χ0v) is 36.1. The van der Waals surface area contributed by atoms with Crippen LogP contribution in [0.4, 0.5) is 17.1 Å².